The number of amides is 1. The van der Waals surface area contributed by atoms with Crippen LogP contribution < -0.4 is 16.6 Å². The lowest BCUT2D eigenvalue weighted by atomic mass is 10.1. The van der Waals surface area contributed by atoms with E-state index in [4.69, 9.17) is 5.73 Å². The Bertz CT molecular complexity index is 695. The Hall–Kier alpha value is -2.63. The van der Waals surface area contributed by atoms with Crippen LogP contribution in [-0.2, 0) is 7.05 Å². The third-order valence-electron chi connectivity index (χ3n) is 2.60. The number of nitrogens with zero attached hydrogens (tertiary/aromatic N) is 1. The van der Waals surface area contributed by atoms with Crippen molar-refractivity contribution in [3.05, 3.63) is 58.3 Å². The van der Waals surface area contributed by atoms with Gasteiger partial charge >= 0.3 is 0 Å². The number of rotatable bonds is 2. The van der Waals surface area contributed by atoms with Crippen molar-refractivity contribution < 1.29 is 9.18 Å². The van der Waals surface area contributed by atoms with Crippen LogP contribution in [0.25, 0.3) is 0 Å². The lowest BCUT2D eigenvalue weighted by Crippen LogP contribution is -2.18. The summed E-state index contributed by atoms with van der Waals surface area (Å²) in [5.74, 6) is -1.07. The molecule has 0 saturated carbocycles. The second-order valence-corrected chi connectivity index (χ2v) is 4.05. The van der Waals surface area contributed by atoms with E-state index in [9.17, 15) is 14.0 Å². The van der Waals surface area contributed by atoms with E-state index in [1.807, 2.05) is 0 Å². The summed E-state index contributed by atoms with van der Waals surface area (Å²) in [6.45, 7) is 0. The number of pyridine rings is 1. The predicted octanol–water partition coefficient (Wildman–Crippen LogP) is 1.36. The first-order valence-electron chi connectivity index (χ1n) is 5.50. The highest BCUT2D eigenvalue weighted by molar-refractivity contribution is 6.07. The molecule has 1 heterocycles. The maximum atomic E-state index is 13.1. The number of nitrogens with two attached hydrogens (primary N) is 1. The number of aromatic nitrogens is 1. The maximum Gasteiger partial charge on any atom is 0.257 e. The minimum Gasteiger partial charge on any atom is -0.398 e. The van der Waals surface area contributed by atoms with Gasteiger partial charge in [-0.05, 0) is 24.3 Å². The largest absolute Gasteiger partial charge is 0.398 e. The fourth-order valence-corrected chi connectivity index (χ4v) is 1.59. The molecule has 1 aromatic heterocycles. The normalized spacial score (nSPS) is 10.2. The summed E-state index contributed by atoms with van der Waals surface area (Å²) in [5, 5.41) is 2.55. The summed E-state index contributed by atoms with van der Waals surface area (Å²) in [6, 6.07) is 6.36. The van der Waals surface area contributed by atoms with Gasteiger partial charge in [0.1, 0.15) is 5.82 Å². The molecule has 5 nitrogen and oxygen atoms in total. The second-order valence-electron chi connectivity index (χ2n) is 4.05. The third-order valence-corrected chi connectivity index (χ3v) is 2.60. The molecule has 0 spiro atoms. The molecule has 2 rings (SSSR count). The Morgan fingerprint density at radius 1 is 1.32 bits per heavy atom. The van der Waals surface area contributed by atoms with Crippen molar-refractivity contribution in [3.63, 3.8) is 0 Å². The summed E-state index contributed by atoms with van der Waals surface area (Å²) >= 11 is 0. The number of aryl methyl sites for hydroxylation is 1. The number of hydrogen-bond acceptors (Lipinski definition) is 3. The number of halogens is 1. The van der Waals surface area contributed by atoms with Crippen LogP contribution in [0.4, 0.5) is 15.8 Å². The summed E-state index contributed by atoms with van der Waals surface area (Å²) in [6.07, 6.45) is 1.47. The molecule has 0 aliphatic carbocycles. The molecule has 2 aromatic rings. The predicted molar refractivity (Wildman–Crippen MR) is 70.4 cm³/mol. The number of carbonyl (C=O) groups excluding carboxylic acids is 1. The van der Waals surface area contributed by atoms with E-state index in [0.717, 1.165) is 6.07 Å². The first kappa shape index (κ1) is 12.8. The average Bonchev–Trinajstić information content (AvgIpc) is 2.36. The molecule has 98 valence electrons. The monoisotopic (exact) mass is 261 g/mol. The van der Waals surface area contributed by atoms with Crippen LogP contribution in [0.3, 0.4) is 0 Å². The fraction of sp³-hybridized carbons (Fsp3) is 0.0769. The van der Waals surface area contributed by atoms with Crippen LogP contribution in [0, 0.1) is 5.82 Å². The van der Waals surface area contributed by atoms with Crippen molar-refractivity contribution in [1.82, 2.24) is 4.57 Å². The van der Waals surface area contributed by atoms with Gasteiger partial charge in [0.2, 0.25) is 5.56 Å². The zero-order valence-corrected chi connectivity index (χ0v) is 10.2. The number of carbonyl (C=O) groups is 1. The van der Waals surface area contributed by atoms with E-state index >= 15 is 0 Å². The molecular weight excluding hydrogens is 249 g/mol. The number of nitrogen functional groups attached to an aromatic ring is 1. The van der Waals surface area contributed by atoms with E-state index in [0.29, 0.717) is 5.69 Å². The molecule has 0 fully saturated rings. The molecule has 0 radical (unpaired) electrons. The smallest absolute Gasteiger partial charge is 0.257 e. The van der Waals surface area contributed by atoms with Crippen LogP contribution >= 0.6 is 0 Å². The van der Waals surface area contributed by atoms with Crippen LogP contribution in [0.2, 0.25) is 0 Å². The lowest BCUT2D eigenvalue weighted by molar-refractivity contribution is 0.102. The van der Waals surface area contributed by atoms with Crippen molar-refractivity contribution in [1.29, 1.82) is 0 Å². The molecule has 0 saturated heterocycles. The van der Waals surface area contributed by atoms with Crippen molar-refractivity contribution >= 4 is 17.3 Å². The Morgan fingerprint density at radius 3 is 2.74 bits per heavy atom. The van der Waals surface area contributed by atoms with Gasteiger partial charge in [-0.3, -0.25) is 9.59 Å². The maximum absolute atomic E-state index is 13.1. The molecule has 0 unspecified atom stereocenters. The average molecular weight is 261 g/mol. The Morgan fingerprint density at radius 2 is 2.05 bits per heavy atom. The van der Waals surface area contributed by atoms with Crippen LogP contribution in [0.15, 0.2) is 41.3 Å². The van der Waals surface area contributed by atoms with E-state index in [1.54, 1.807) is 7.05 Å². The van der Waals surface area contributed by atoms with E-state index < -0.39 is 11.7 Å². The number of benzene rings is 1. The molecule has 1 amide bonds. The topological polar surface area (TPSA) is 77.1 Å². The van der Waals surface area contributed by atoms with Crippen LogP contribution in [0.1, 0.15) is 10.4 Å². The van der Waals surface area contributed by atoms with Crippen LogP contribution in [0.5, 0.6) is 0 Å². The standard InChI is InChI=1S/C13H12FN3O2/c1-17-7-9(3-5-12(17)18)16-13(19)10-6-8(14)2-4-11(10)15/h2-7H,15H2,1H3,(H,16,19). The van der Waals surface area contributed by atoms with Crippen LogP contribution in [-0.4, -0.2) is 10.5 Å². The van der Waals surface area contributed by atoms with Gasteiger partial charge in [-0.15, -0.1) is 0 Å². The molecule has 3 N–H and O–H groups in total. The molecular formula is C13H12FN3O2. The van der Waals surface area contributed by atoms with Gasteiger partial charge in [-0.2, -0.15) is 0 Å². The summed E-state index contributed by atoms with van der Waals surface area (Å²) < 4.78 is 14.4. The molecule has 6 heteroatoms. The van der Waals surface area contributed by atoms with Gasteiger partial charge in [-0.25, -0.2) is 4.39 Å². The fourth-order valence-electron chi connectivity index (χ4n) is 1.59. The minimum absolute atomic E-state index is 0.0499. The van der Waals surface area contributed by atoms with E-state index in [2.05, 4.69) is 5.32 Å². The van der Waals surface area contributed by atoms with Gasteiger partial charge in [-0.1, -0.05) is 0 Å². The van der Waals surface area contributed by atoms with Crippen molar-refractivity contribution in [2.24, 2.45) is 7.05 Å². The highest BCUT2D eigenvalue weighted by Gasteiger charge is 2.11. The summed E-state index contributed by atoms with van der Waals surface area (Å²) in [5.41, 5.74) is 6.08. The first-order valence-corrected chi connectivity index (χ1v) is 5.50. The molecule has 0 aliphatic heterocycles. The number of anilines is 2. The Labute approximate surface area is 108 Å². The lowest BCUT2D eigenvalue weighted by Gasteiger charge is -2.08. The summed E-state index contributed by atoms with van der Waals surface area (Å²) in [4.78, 5) is 23.1. The van der Waals surface area contributed by atoms with Gasteiger partial charge in [0, 0.05) is 25.0 Å². The summed E-state index contributed by atoms with van der Waals surface area (Å²) in [7, 11) is 1.56. The van der Waals surface area contributed by atoms with Gasteiger partial charge in [0.05, 0.1) is 11.3 Å². The second kappa shape index (κ2) is 4.93. The quantitative estimate of drug-likeness (QED) is 0.801. The van der Waals surface area contributed by atoms with Crippen molar-refractivity contribution in [3.8, 4) is 0 Å². The molecule has 0 atom stereocenters. The zero-order chi connectivity index (χ0) is 14.0. The molecule has 0 bridgehead atoms. The Balaban J connectivity index is 2.28. The van der Waals surface area contributed by atoms with Gasteiger partial charge in [0.15, 0.2) is 0 Å². The molecule has 1 aromatic carbocycles. The highest BCUT2D eigenvalue weighted by atomic mass is 19.1. The van der Waals surface area contributed by atoms with E-state index in [-0.39, 0.29) is 16.8 Å². The molecule has 0 aliphatic rings. The van der Waals surface area contributed by atoms with Crippen molar-refractivity contribution in [2.45, 2.75) is 0 Å². The molecule has 19 heavy (non-hydrogen) atoms. The Kier molecular flexibility index (Phi) is 3.33. The van der Waals surface area contributed by atoms with E-state index in [1.165, 1.54) is 35.0 Å². The number of hydrogen-bond donors (Lipinski definition) is 2. The van der Waals surface area contributed by atoms with Crippen molar-refractivity contribution in [2.75, 3.05) is 11.1 Å². The SMILES string of the molecule is Cn1cc(NC(=O)c2cc(F)ccc2N)ccc1=O. The van der Waals surface area contributed by atoms with Gasteiger partial charge < -0.3 is 15.6 Å². The van der Waals surface area contributed by atoms with Gasteiger partial charge in [0.25, 0.3) is 5.91 Å². The minimum atomic E-state index is -0.542. The third kappa shape index (κ3) is 2.79. The highest BCUT2D eigenvalue weighted by Crippen LogP contribution is 2.15. The number of nitrogens with one attached hydrogen (secondary N) is 1. The zero-order valence-electron chi connectivity index (χ0n) is 10.2. The first-order chi connectivity index (χ1) is 8.97.